The Hall–Kier alpha value is -2.65. The smallest absolute Gasteiger partial charge is 0.319 e. The number of benzene rings is 2. The van der Waals surface area contributed by atoms with Crippen LogP contribution in [0.2, 0.25) is 0 Å². The number of carbonyl (C=O) groups excluding carboxylic acids is 3. The van der Waals surface area contributed by atoms with Gasteiger partial charge in [0.05, 0.1) is 19.8 Å². The van der Waals surface area contributed by atoms with Crippen molar-refractivity contribution in [2.24, 2.45) is 0 Å². The first kappa shape index (κ1) is 38.5. The molecule has 0 aromatic heterocycles. The van der Waals surface area contributed by atoms with E-state index in [1.165, 1.54) is 0 Å². The Morgan fingerprint density at radius 2 is 1.13 bits per heavy atom. The second-order valence-corrected chi connectivity index (χ2v) is 15.1. The fraction of sp³-hybridized carbons (Fsp3) is 0.529. The van der Waals surface area contributed by atoms with Crippen LogP contribution in [0.15, 0.2) is 24.3 Å². The Balaban J connectivity index is 2.46. The Labute approximate surface area is 274 Å². The average molecular weight is 710 g/mol. The number of alkyl halides is 1. The number of halogens is 1. The molecule has 0 aliphatic heterocycles. The predicted molar refractivity (Wildman–Crippen MR) is 178 cm³/mol. The van der Waals surface area contributed by atoms with Gasteiger partial charge in [0.2, 0.25) is 18.2 Å². The highest BCUT2D eigenvalue weighted by Gasteiger charge is 2.57. The zero-order valence-corrected chi connectivity index (χ0v) is 29.8. The SMILES string of the molecule is CCCCCCOCCOCCOC(=O)C(C(Br)C(=O)O)P(=O)(C(=O)c1c(C)cc(C)cc1C)C(=O)c1c(C)cc(C)cc1C. The molecule has 0 bridgehead atoms. The maximum Gasteiger partial charge on any atom is 0.319 e. The summed E-state index contributed by atoms with van der Waals surface area (Å²) >= 11 is 2.97. The van der Waals surface area contributed by atoms with Gasteiger partial charge in [-0.25, -0.2) is 0 Å². The number of ether oxygens (including phenoxy) is 3. The van der Waals surface area contributed by atoms with Crippen molar-refractivity contribution in [2.45, 2.75) is 84.6 Å². The van der Waals surface area contributed by atoms with Crippen LogP contribution in [0.3, 0.4) is 0 Å². The molecule has 1 N–H and O–H groups in total. The van der Waals surface area contributed by atoms with E-state index in [4.69, 9.17) is 14.2 Å². The van der Waals surface area contributed by atoms with E-state index in [1.54, 1.807) is 52.0 Å². The molecular formula is C34H46BrO9P. The van der Waals surface area contributed by atoms with Crippen molar-refractivity contribution in [1.29, 1.82) is 0 Å². The molecule has 0 saturated carbocycles. The lowest BCUT2D eigenvalue weighted by molar-refractivity contribution is -0.148. The first-order valence-corrected chi connectivity index (χ1v) is 17.9. The molecule has 0 radical (unpaired) electrons. The van der Waals surface area contributed by atoms with Crippen molar-refractivity contribution in [2.75, 3.05) is 33.0 Å². The normalized spacial score (nSPS) is 12.9. The summed E-state index contributed by atoms with van der Waals surface area (Å²) in [7, 11) is -5.08. The minimum Gasteiger partial charge on any atom is -0.480 e. The van der Waals surface area contributed by atoms with Gasteiger partial charge in [0, 0.05) is 17.7 Å². The topological polar surface area (TPSA) is 133 Å². The third kappa shape index (κ3) is 9.92. The van der Waals surface area contributed by atoms with Crippen LogP contribution in [0.25, 0.3) is 0 Å². The van der Waals surface area contributed by atoms with E-state index in [0.29, 0.717) is 35.5 Å². The molecule has 2 atom stereocenters. The monoisotopic (exact) mass is 708 g/mol. The van der Waals surface area contributed by atoms with Gasteiger partial charge in [-0.05, 0) is 70.2 Å². The molecule has 0 fully saturated rings. The number of rotatable bonds is 19. The summed E-state index contributed by atoms with van der Waals surface area (Å²) in [6.07, 6.45) is 4.35. The van der Waals surface area contributed by atoms with Crippen LogP contribution < -0.4 is 0 Å². The number of carboxylic acid groups (broad SMARTS) is 1. The Kier molecular flexibility index (Phi) is 15.3. The number of carboxylic acids is 1. The van der Waals surface area contributed by atoms with Crippen LogP contribution in [0.4, 0.5) is 0 Å². The van der Waals surface area contributed by atoms with Gasteiger partial charge in [0.1, 0.15) is 17.1 Å². The van der Waals surface area contributed by atoms with Crippen molar-refractivity contribution in [3.05, 3.63) is 68.8 Å². The maximum atomic E-state index is 15.2. The molecule has 2 aromatic rings. The van der Waals surface area contributed by atoms with Crippen molar-refractivity contribution >= 4 is 46.1 Å². The highest BCUT2D eigenvalue weighted by molar-refractivity contribution is 9.10. The molecule has 0 aliphatic carbocycles. The number of aryl methyl sites for hydroxylation is 6. The number of unbranched alkanes of at least 4 members (excludes halogenated alkanes) is 3. The van der Waals surface area contributed by atoms with Crippen LogP contribution in [0.1, 0.15) is 86.7 Å². The molecule has 0 amide bonds. The van der Waals surface area contributed by atoms with Crippen molar-refractivity contribution in [3.8, 4) is 0 Å². The van der Waals surface area contributed by atoms with Crippen LogP contribution in [0, 0.1) is 41.5 Å². The predicted octanol–water partition coefficient (Wildman–Crippen LogP) is 7.25. The molecule has 0 aliphatic rings. The first-order valence-electron chi connectivity index (χ1n) is 15.2. The number of esters is 1. The molecule has 0 heterocycles. The van der Waals surface area contributed by atoms with Gasteiger partial charge in [0.15, 0.2) is 0 Å². The summed E-state index contributed by atoms with van der Waals surface area (Å²) in [5.41, 5.74) is -0.763. The fourth-order valence-corrected chi connectivity index (χ4v) is 9.68. The number of aliphatic carboxylic acids is 1. The van der Waals surface area contributed by atoms with E-state index < -0.39 is 40.6 Å². The summed E-state index contributed by atoms with van der Waals surface area (Å²) in [4.78, 5) is 52.9. The van der Waals surface area contributed by atoms with Crippen molar-refractivity contribution in [3.63, 3.8) is 0 Å². The fourth-order valence-electron chi connectivity index (χ4n) is 5.54. The van der Waals surface area contributed by atoms with Crippen molar-refractivity contribution < 1.29 is 43.1 Å². The molecule has 2 unspecified atom stereocenters. The second kappa shape index (κ2) is 17.9. The van der Waals surface area contributed by atoms with Crippen LogP contribution in [-0.2, 0) is 28.4 Å². The van der Waals surface area contributed by atoms with Crippen LogP contribution in [0.5, 0.6) is 0 Å². The van der Waals surface area contributed by atoms with E-state index in [2.05, 4.69) is 22.9 Å². The van der Waals surface area contributed by atoms with Gasteiger partial charge in [-0.1, -0.05) is 77.5 Å². The molecule has 248 valence electrons. The maximum absolute atomic E-state index is 15.2. The van der Waals surface area contributed by atoms with Crippen molar-refractivity contribution in [1.82, 2.24) is 0 Å². The minimum absolute atomic E-state index is 0.0145. The van der Waals surface area contributed by atoms with Gasteiger partial charge >= 0.3 is 11.9 Å². The molecule has 0 spiro atoms. The molecule has 11 heteroatoms. The third-order valence-electron chi connectivity index (χ3n) is 7.52. The minimum atomic E-state index is -5.08. The first-order chi connectivity index (χ1) is 21.2. The zero-order chi connectivity index (χ0) is 33.9. The largest absolute Gasteiger partial charge is 0.480 e. The van der Waals surface area contributed by atoms with Crippen LogP contribution in [-0.4, -0.2) is 71.6 Å². The Morgan fingerprint density at radius 1 is 0.711 bits per heavy atom. The number of carbonyl (C=O) groups is 4. The quantitative estimate of drug-likeness (QED) is 0.0693. The highest BCUT2D eigenvalue weighted by Crippen LogP contribution is 2.60. The average Bonchev–Trinajstić information content (AvgIpc) is 2.94. The molecule has 2 aromatic carbocycles. The molecule has 0 saturated heterocycles. The second-order valence-electron chi connectivity index (χ2n) is 11.5. The molecular weight excluding hydrogens is 663 g/mol. The number of hydrogen-bond donors (Lipinski definition) is 1. The van der Waals surface area contributed by atoms with E-state index in [0.717, 1.165) is 36.8 Å². The lowest BCUT2D eigenvalue weighted by Gasteiger charge is -2.28. The molecule has 9 nitrogen and oxygen atoms in total. The standard InChI is InChI=1S/C34H46BrO9P/c1-8-9-10-11-12-42-13-14-43-15-16-44-32(38)30(29(35)31(36)37)45(41,33(39)27-23(4)17-21(2)18-24(27)5)34(40)28-25(6)19-22(3)20-26(28)7/h17-20,29-30H,8-16H2,1-7H3,(H,36,37). The van der Waals surface area contributed by atoms with E-state index in [1.807, 2.05) is 13.8 Å². The summed E-state index contributed by atoms with van der Waals surface area (Å²) in [5.74, 6) is -2.82. The van der Waals surface area contributed by atoms with E-state index in [-0.39, 0.29) is 30.9 Å². The lowest BCUT2D eigenvalue weighted by atomic mass is 10.0. The Morgan fingerprint density at radius 3 is 1.56 bits per heavy atom. The molecule has 45 heavy (non-hydrogen) atoms. The van der Waals surface area contributed by atoms with Gasteiger partial charge in [-0.3, -0.25) is 19.2 Å². The summed E-state index contributed by atoms with van der Waals surface area (Å²) in [6.45, 7) is 13.3. The van der Waals surface area contributed by atoms with Gasteiger partial charge in [0.25, 0.3) is 0 Å². The number of hydrogen-bond acceptors (Lipinski definition) is 8. The van der Waals surface area contributed by atoms with Gasteiger partial charge in [-0.15, -0.1) is 0 Å². The summed E-state index contributed by atoms with van der Waals surface area (Å²) in [6, 6.07) is 6.83. The van der Waals surface area contributed by atoms with E-state index >= 15 is 4.57 Å². The zero-order valence-electron chi connectivity index (χ0n) is 27.4. The Bertz CT molecular complexity index is 1320. The highest BCUT2D eigenvalue weighted by atomic mass is 79.9. The van der Waals surface area contributed by atoms with Gasteiger partial charge < -0.3 is 23.9 Å². The summed E-state index contributed by atoms with van der Waals surface area (Å²) < 4.78 is 31.6. The van der Waals surface area contributed by atoms with Gasteiger partial charge in [-0.2, -0.15) is 0 Å². The summed E-state index contributed by atoms with van der Waals surface area (Å²) in [5, 5.41) is 9.98. The van der Waals surface area contributed by atoms with Crippen LogP contribution >= 0.6 is 23.1 Å². The lowest BCUT2D eigenvalue weighted by Crippen LogP contribution is -2.41. The van der Waals surface area contributed by atoms with E-state index in [9.17, 15) is 24.3 Å². The molecule has 2 rings (SSSR count). The third-order valence-corrected chi connectivity index (χ3v) is 11.8.